The molecular formula is C12H25NOSi. The molecule has 0 aromatic carbocycles. The van der Waals surface area contributed by atoms with Gasteiger partial charge in [0, 0.05) is 21.1 Å². The van der Waals surface area contributed by atoms with Crippen LogP contribution in [0.1, 0.15) is 41.5 Å². The van der Waals surface area contributed by atoms with Crippen LogP contribution >= 0.6 is 0 Å². The molecule has 0 rings (SSSR count). The number of hydrogen-bond acceptors (Lipinski definition) is 2. The Kier molecular flexibility index (Phi) is 3.96. The van der Waals surface area contributed by atoms with E-state index in [-0.39, 0.29) is 15.9 Å². The van der Waals surface area contributed by atoms with Crippen molar-refractivity contribution in [2.24, 2.45) is 16.0 Å². The van der Waals surface area contributed by atoms with E-state index in [1.54, 1.807) is 0 Å². The smallest absolute Gasteiger partial charge is 0.0685 e. The summed E-state index contributed by atoms with van der Waals surface area (Å²) in [6, 6.07) is 0. The fourth-order valence-electron chi connectivity index (χ4n) is 1.77. The Balaban J connectivity index is 5.46. The Bertz CT molecular complexity index is 272. The molecule has 0 aliphatic rings. The highest BCUT2D eigenvalue weighted by molar-refractivity contribution is 6.20. The van der Waals surface area contributed by atoms with Crippen molar-refractivity contribution in [3.8, 4) is 0 Å². The van der Waals surface area contributed by atoms with Crippen molar-refractivity contribution in [3.05, 3.63) is 12.7 Å². The van der Waals surface area contributed by atoms with Crippen LogP contribution in [0.3, 0.4) is 0 Å². The van der Waals surface area contributed by atoms with Gasteiger partial charge in [-0.3, -0.25) is 0 Å². The minimum atomic E-state index is -0.159. The van der Waals surface area contributed by atoms with Gasteiger partial charge in [0.25, 0.3) is 0 Å². The second kappa shape index (κ2) is 4.12. The van der Waals surface area contributed by atoms with E-state index in [2.05, 4.69) is 53.3 Å². The zero-order chi connectivity index (χ0) is 12.5. The molecule has 0 aliphatic carbocycles. The van der Waals surface area contributed by atoms with Gasteiger partial charge in [0.15, 0.2) is 0 Å². The molecule has 0 radical (unpaired) electrons. The summed E-state index contributed by atoms with van der Waals surface area (Å²) >= 11 is 0. The quantitative estimate of drug-likeness (QED) is 0.260. The van der Waals surface area contributed by atoms with Gasteiger partial charge >= 0.3 is 0 Å². The molecule has 1 N–H and O–H groups in total. The van der Waals surface area contributed by atoms with Crippen LogP contribution in [0, 0.1) is 10.8 Å². The Morgan fingerprint density at radius 3 is 1.80 bits per heavy atom. The number of hydrogen-bond donors (Lipinski definition) is 1. The SMILES string of the molecule is C=CC(C)([SiH3])C(C)(C)C(=NO)C(C)(C)C. The lowest BCUT2D eigenvalue weighted by Crippen LogP contribution is -2.42. The van der Waals surface area contributed by atoms with Crippen LogP contribution < -0.4 is 0 Å². The largest absolute Gasteiger partial charge is 0.411 e. The highest BCUT2D eigenvalue weighted by Crippen LogP contribution is 2.48. The van der Waals surface area contributed by atoms with Crippen molar-refractivity contribution in [1.29, 1.82) is 0 Å². The second-order valence-electron chi connectivity index (χ2n) is 6.25. The average molecular weight is 227 g/mol. The number of nitrogens with zero attached hydrogens (tertiary/aromatic N) is 1. The molecule has 0 heterocycles. The highest BCUT2D eigenvalue weighted by Gasteiger charge is 2.43. The summed E-state index contributed by atoms with van der Waals surface area (Å²) < 4.78 is 0. The molecule has 0 aromatic rings. The molecule has 0 fully saturated rings. The van der Waals surface area contributed by atoms with Gasteiger partial charge in [-0.25, -0.2) is 0 Å². The zero-order valence-corrected chi connectivity index (χ0v) is 13.2. The first-order valence-electron chi connectivity index (χ1n) is 5.37. The van der Waals surface area contributed by atoms with Crippen molar-refractivity contribution in [1.82, 2.24) is 0 Å². The van der Waals surface area contributed by atoms with Crippen molar-refractivity contribution in [3.63, 3.8) is 0 Å². The van der Waals surface area contributed by atoms with Crippen LogP contribution in [0.2, 0.25) is 5.04 Å². The number of rotatable bonds is 3. The van der Waals surface area contributed by atoms with Crippen LogP contribution in [0.15, 0.2) is 17.8 Å². The zero-order valence-electron chi connectivity index (χ0n) is 11.2. The van der Waals surface area contributed by atoms with Crippen molar-refractivity contribution in [2.45, 2.75) is 46.6 Å². The molecule has 0 saturated carbocycles. The number of allylic oxidation sites excluding steroid dienone is 1. The molecule has 1 atom stereocenters. The fourth-order valence-corrected chi connectivity index (χ4v) is 2.01. The van der Waals surface area contributed by atoms with E-state index >= 15 is 0 Å². The maximum Gasteiger partial charge on any atom is 0.0685 e. The molecule has 15 heavy (non-hydrogen) atoms. The highest BCUT2D eigenvalue weighted by atomic mass is 28.1. The summed E-state index contributed by atoms with van der Waals surface area (Å²) in [5, 5.41) is 12.8. The molecule has 0 saturated heterocycles. The minimum Gasteiger partial charge on any atom is -0.411 e. The van der Waals surface area contributed by atoms with E-state index in [1.807, 2.05) is 6.08 Å². The van der Waals surface area contributed by atoms with Crippen molar-refractivity contribution >= 4 is 16.0 Å². The molecule has 0 amide bonds. The Morgan fingerprint density at radius 2 is 1.60 bits per heavy atom. The maximum atomic E-state index is 9.23. The molecule has 1 unspecified atom stereocenters. The maximum absolute atomic E-state index is 9.23. The third-order valence-electron chi connectivity index (χ3n) is 3.52. The van der Waals surface area contributed by atoms with Crippen LogP contribution in [0.25, 0.3) is 0 Å². The van der Waals surface area contributed by atoms with Gasteiger partial charge in [-0.05, 0) is 5.04 Å². The van der Waals surface area contributed by atoms with E-state index in [4.69, 9.17) is 0 Å². The standard InChI is InChI=1S/C12H25NOSi/c1-8-12(7,15)11(5,6)9(13-14)10(2,3)4/h8,14H,1H2,2-7,15H3. The average Bonchev–Trinajstić information content (AvgIpc) is 2.01. The Hall–Kier alpha value is -0.573. The van der Waals surface area contributed by atoms with Gasteiger partial charge in [-0.15, -0.1) is 6.58 Å². The molecule has 88 valence electrons. The van der Waals surface area contributed by atoms with E-state index in [1.165, 1.54) is 0 Å². The number of oxime groups is 1. The van der Waals surface area contributed by atoms with E-state index in [0.29, 0.717) is 0 Å². The monoisotopic (exact) mass is 227 g/mol. The molecule has 0 spiro atoms. The first kappa shape index (κ1) is 14.4. The van der Waals surface area contributed by atoms with Gasteiger partial charge in [-0.1, -0.05) is 52.8 Å². The van der Waals surface area contributed by atoms with Crippen LogP contribution in [0.5, 0.6) is 0 Å². The summed E-state index contributed by atoms with van der Waals surface area (Å²) in [4.78, 5) is 0. The third-order valence-corrected chi connectivity index (χ3v) is 5.18. The summed E-state index contributed by atoms with van der Waals surface area (Å²) in [7, 11) is 0.983. The first-order valence-corrected chi connectivity index (χ1v) is 6.37. The van der Waals surface area contributed by atoms with E-state index in [0.717, 1.165) is 16.0 Å². The molecule has 0 bridgehead atoms. The predicted molar refractivity (Wildman–Crippen MR) is 71.0 cm³/mol. The third kappa shape index (κ3) is 2.71. The lowest BCUT2D eigenvalue weighted by molar-refractivity contribution is 0.284. The lowest BCUT2D eigenvalue weighted by Gasteiger charge is -2.44. The molecule has 0 aliphatic heterocycles. The summed E-state index contributed by atoms with van der Waals surface area (Å²) in [5.41, 5.74) is 0.563. The molecular weight excluding hydrogens is 202 g/mol. The van der Waals surface area contributed by atoms with Gasteiger partial charge in [0.05, 0.1) is 5.71 Å². The topological polar surface area (TPSA) is 32.6 Å². The van der Waals surface area contributed by atoms with E-state index in [9.17, 15) is 5.21 Å². The van der Waals surface area contributed by atoms with E-state index < -0.39 is 0 Å². The normalized spacial score (nSPS) is 18.7. The molecule has 0 aromatic heterocycles. The van der Waals surface area contributed by atoms with Crippen molar-refractivity contribution < 1.29 is 5.21 Å². The molecule has 2 nitrogen and oxygen atoms in total. The summed E-state index contributed by atoms with van der Waals surface area (Å²) in [6.45, 7) is 16.5. The first-order chi connectivity index (χ1) is 6.50. The van der Waals surface area contributed by atoms with Gasteiger partial charge in [0.1, 0.15) is 0 Å². The predicted octanol–water partition coefficient (Wildman–Crippen LogP) is 2.62. The van der Waals surface area contributed by atoms with Gasteiger partial charge in [0.2, 0.25) is 0 Å². The summed E-state index contributed by atoms with van der Waals surface area (Å²) in [5.74, 6) is 0. The van der Waals surface area contributed by atoms with Crippen molar-refractivity contribution in [2.75, 3.05) is 0 Å². The molecule has 3 heteroatoms. The fraction of sp³-hybridized carbons (Fsp3) is 0.750. The lowest BCUT2D eigenvalue weighted by atomic mass is 9.67. The van der Waals surface area contributed by atoms with Crippen LogP contribution in [0.4, 0.5) is 0 Å². The Labute approximate surface area is 96.9 Å². The Morgan fingerprint density at radius 1 is 1.20 bits per heavy atom. The minimum absolute atomic E-state index is 0.0296. The van der Waals surface area contributed by atoms with Crippen LogP contribution in [-0.4, -0.2) is 21.2 Å². The van der Waals surface area contributed by atoms with Gasteiger partial charge in [-0.2, -0.15) is 0 Å². The second-order valence-corrected chi connectivity index (χ2v) is 8.33. The van der Waals surface area contributed by atoms with Crippen LogP contribution in [-0.2, 0) is 0 Å². The van der Waals surface area contributed by atoms with Gasteiger partial charge < -0.3 is 5.21 Å². The summed E-state index contributed by atoms with van der Waals surface area (Å²) in [6.07, 6.45) is 1.98.